The number of alkyl halides is 3. The summed E-state index contributed by atoms with van der Waals surface area (Å²) < 4.78 is 47.8. The van der Waals surface area contributed by atoms with E-state index in [9.17, 15) is 18.0 Å². The average Bonchev–Trinajstić information content (AvgIpc) is 3.31. The van der Waals surface area contributed by atoms with Gasteiger partial charge in [-0.25, -0.2) is 4.98 Å². The Labute approximate surface area is 138 Å². The van der Waals surface area contributed by atoms with E-state index in [2.05, 4.69) is 10.3 Å². The molecular weight excluding hydrogens is 325 g/mol. The maximum Gasteiger partial charge on any atom is 0.425 e. The molecule has 1 aliphatic carbocycles. The van der Waals surface area contributed by atoms with Gasteiger partial charge in [-0.05, 0) is 43.7 Å². The fraction of sp³-hybridized carbons (Fsp3) is 0.625. The quantitative estimate of drug-likeness (QED) is 0.786. The topological polar surface area (TPSA) is 60.5 Å². The molecule has 5 nitrogen and oxygen atoms in total. The maximum absolute atomic E-state index is 12.6. The molecule has 1 aromatic rings. The molecule has 0 unspecified atom stereocenters. The van der Waals surface area contributed by atoms with Crippen molar-refractivity contribution >= 4 is 5.91 Å². The zero-order valence-corrected chi connectivity index (χ0v) is 13.7. The van der Waals surface area contributed by atoms with Crippen LogP contribution in [0.15, 0.2) is 18.3 Å². The SMILES string of the molecule is COCCC1(CNC(=O)c2cccnc2O[C@@H](C)C(F)(F)F)CC1. The lowest BCUT2D eigenvalue weighted by Crippen LogP contribution is -2.34. The van der Waals surface area contributed by atoms with Crippen LogP contribution in [-0.2, 0) is 4.74 Å². The van der Waals surface area contributed by atoms with Gasteiger partial charge in [0.05, 0.1) is 0 Å². The molecule has 1 aromatic heterocycles. The van der Waals surface area contributed by atoms with Gasteiger partial charge in [-0.15, -0.1) is 0 Å². The summed E-state index contributed by atoms with van der Waals surface area (Å²) in [6.07, 6.45) is -2.45. The number of hydrogen-bond donors (Lipinski definition) is 1. The second kappa shape index (κ2) is 7.38. The fourth-order valence-corrected chi connectivity index (χ4v) is 2.27. The van der Waals surface area contributed by atoms with Crippen LogP contribution in [0.3, 0.4) is 0 Å². The van der Waals surface area contributed by atoms with Crippen LogP contribution < -0.4 is 10.1 Å². The van der Waals surface area contributed by atoms with Gasteiger partial charge in [0.2, 0.25) is 5.88 Å². The largest absolute Gasteiger partial charge is 0.464 e. The number of nitrogens with one attached hydrogen (secondary N) is 1. The minimum atomic E-state index is -4.52. The number of nitrogens with zero attached hydrogens (tertiary/aromatic N) is 1. The number of aromatic nitrogens is 1. The number of amides is 1. The van der Waals surface area contributed by atoms with Gasteiger partial charge in [-0.2, -0.15) is 13.2 Å². The summed E-state index contributed by atoms with van der Waals surface area (Å²) in [5.74, 6) is -0.808. The number of carbonyl (C=O) groups excluding carboxylic acids is 1. The zero-order valence-electron chi connectivity index (χ0n) is 13.7. The van der Waals surface area contributed by atoms with E-state index in [0.29, 0.717) is 13.2 Å². The molecule has 0 saturated heterocycles. The van der Waals surface area contributed by atoms with Crippen molar-refractivity contribution in [3.05, 3.63) is 23.9 Å². The number of rotatable bonds is 8. The number of carbonyl (C=O) groups is 1. The molecule has 1 N–H and O–H groups in total. The number of hydrogen-bond acceptors (Lipinski definition) is 4. The Morgan fingerprint density at radius 3 is 2.75 bits per heavy atom. The highest BCUT2D eigenvalue weighted by Crippen LogP contribution is 2.48. The standard InChI is InChI=1S/C16H21F3N2O3/c1-11(16(17,18)19)24-14-12(4-3-8-20-14)13(22)21-10-15(5-6-15)7-9-23-2/h3-4,8,11H,5-7,9-10H2,1-2H3,(H,21,22)/t11-/m0/s1. The van der Waals surface area contributed by atoms with E-state index in [1.54, 1.807) is 7.11 Å². The van der Waals surface area contributed by atoms with Crippen LogP contribution in [0.25, 0.3) is 0 Å². The summed E-state index contributed by atoms with van der Waals surface area (Å²) in [4.78, 5) is 16.1. The summed E-state index contributed by atoms with van der Waals surface area (Å²) in [7, 11) is 1.62. The number of ether oxygens (including phenoxy) is 2. The predicted molar refractivity (Wildman–Crippen MR) is 80.9 cm³/mol. The Hall–Kier alpha value is -1.83. The van der Waals surface area contributed by atoms with Gasteiger partial charge in [-0.1, -0.05) is 0 Å². The fourth-order valence-electron chi connectivity index (χ4n) is 2.27. The van der Waals surface area contributed by atoms with Crippen LogP contribution in [0.5, 0.6) is 5.88 Å². The van der Waals surface area contributed by atoms with Crippen molar-refractivity contribution in [3.63, 3.8) is 0 Å². The zero-order chi connectivity index (χ0) is 17.8. The van der Waals surface area contributed by atoms with E-state index < -0.39 is 18.2 Å². The molecule has 1 heterocycles. The summed E-state index contributed by atoms with van der Waals surface area (Å²) in [5.41, 5.74) is 0.0323. The van der Waals surface area contributed by atoms with Gasteiger partial charge in [0, 0.05) is 26.5 Å². The van der Waals surface area contributed by atoms with E-state index in [4.69, 9.17) is 9.47 Å². The van der Waals surface area contributed by atoms with Crippen molar-refractivity contribution < 1.29 is 27.4 Å². The third-order valence-corrected chi connectivity index (χ3v) is 4.18. The summed E-state index contributed by atoms with van der Waals surface area (Å²) in [6.45, 7) is 1.94. The number of methoxy groups -OCH3 is 1. The normalized spacial score (nSPS) is 17.2. The van der Waals surface area contributed by atoms with Gasteiger partial charge >= 0.3 is 6.18 Å². The van der Waals surface area contributed by atoms with Crippen molar-refractivity contribution in [2.24, 2.45) is 5.41 Å². The monoisotopic (exact) mass is 346 g/mol. The minimum absolute atomic E-state index is 0.00357. The molecule has 1 fully saturated rings. The van der Waals surface area contributed by atoms with E-state index >= 15 is 0 Å². The van der Waals surface area contributed by atoms with Gasteiger partial charge in [0.15, 0.2) is 6.10 Å². The molecule has 1 atom stereocenters. The first-order valence-electron chi connectivity index (χ1n) is 7.73. The first-order valence-corrected chi connectivity index (χ1v) is 7.73. The highest BCUT2D eigenvalue weighted by molar-refractivity contribution is 5.96. The Morgan fingerprint density at radius 1 is 1.46 bits per heavy atom. The van der Waals surface area contributed by atoms with Crippen LogP contribution in [-0.4, -0.2) is 43.4 Å². The lowest BCUT2D eigenvalue weighted by atomic mass is 10.0. The van der Waals surface area contributed by atoms with Crippen molar-refractivity contribution in [3.8, 4) is 5.88 Å². The molecular formula is C16H21F3N2O3. The predicted octanol–water partition coefficient (Wildman–Crippen LogP) is 2.96. The van der Waals surface area contributed by atoms with Crippen LogP contribution in [0.1, 0.15) is 36.5 Å². The molecule has 0 aromatic carbocycles. The third-order valence-electron chi connectivity index (χ3n) is 4.18. The molecule has 1 amide bonds. The van der Waals surface area contributed by atoms with Crippen LogP contribution in [0.2, 0.25) is 0 Å². The molecule has 1 aliphatic rings. The summed E-state index contributed by atoms with van der Waals surface area (Å²) in [5, 5.41) is 2.77. The Balaban J connectivity index is 1.99. The second-order valence-electron chi connectivity index (χ2n) is 6.08. The van der Waals surface area contributed by atoms with E-state index in [-0.39, 0.29) is 16.9 Å². The first-order chi connectivity index (χ1) is 11.3. The van der Waals surface area contributed by atoms with E-state index in [0.717, 1.165) is 26.2 Å². The Morgan fingerprint density at radius 2 is 2.17 bits per heavy atom. The van der Waals surface area contributed by atoms with Gasteiger partial charge < -0.3 is 14.8 Å². The summed E-state index contributed by atoms with van der Waals surface area (Å²) in [6, 6.07) is 2.88. The number of halogens is 3. The van der Waals surface area contributed by atoms with Gasteiger partial charge in [0.1, 0.15) is 5.56 Å². The van der Waals surface area contributed by atoms with Gasteiger partial charge in [-0.3, -0.25) is 4.79 Å². The van der Waals surface area contributed by atoms with Crippen molar-refractivity contribution in [2.75, 3.05) is 20.3 Å². The highest BCUT2D eigenvalue weighted by Gasteiger charge is 2.42. The summed E-state index contributed by atoms with van der Waals surface area (Å²) >= 11 is 0. The molecule has 0 spiro atoms. The Kier molecular flexibility index (Phi) is 5.69. The lowest BCUT2D eigenvalue weighted by Gasteiger charge is -2.19. The van der Waals surface area contributed by atoms with E-state index in [1.165, 1.54) is 18.3 Å². The first kappa shape index (κ1) is 18.5. The smallest absolute Gasteiger partial charge is 0.425 e. The van der Waals surface area contributed by atoms with Crippen molar-refractivity contribution in [1.29, 1.82) is 0 Å². The van der Waals surface area contributed by atoms with E-state index in [1.807, 2.05) is 0 Å². The molecule has 24 heavy (non-hydrogen) atoms. The van der Waals surface area contributed by atoms with Crippen molar-refractivity contribution in [1.82, 2.24) is 10.3 Å². The van der Waals surface area contributed by atoms with Gasteiger partial charge in [0.25, 0.3) is 5.91 Å². The third kappa shape index (κ3) is 4.83. The average molecular weight is 346 g/mol. The van der Waals surface area contributed by atoms with Crippen LogP contribution >= 0.6 is 0 Å². The molecule has 8 heteroatoms. The molecule has 2 rings (SSSR count). The molecule has 0 radical (unpaired) electrons. The molecule has 0 bridgehead atoms. The molecule has 134 valence electrons. The lowest BCUT2D eigenvalue weighted by molar-refractivity contribution is -0.190. The number of pyridine rings is 1. The minimum Gasteiger partial charge on any atom is -0.464 e. The Bertz CT molecular complexity index is 574. The van der Waals surface area contributed by atoms with Crippen LogP contribution in [0.4, 0.5) is 13.2 Å². The maximum atomic E-state index is 12.6. The molecule has 1 saturated carbocycles. The molecule has 0 aliphatic heterocycles. The van der Waals surface area contributed by atoms with Crippen LogP contribution in [0, 0.1) is 5.41 Å². The van der Waals surface area contributed by atoms with Crippen molar-refractivity contribution in [2.45, 2.75) is 38.5 Å². The second-order valence-corrected chi connectivity index (χ2v) is 6.08. The highest BCUT2D eigenvalue weighted by atomic mass is 19.4.